The Bertz CT molecular complexity index is 548. The van der Waals surface area contributed by atoms with Crippen molar-refractivity contribution in [1.82, 2.24) is 20.2 Å². The predicted octanol–water partition coefficient (Wildman–Crippen LogP) is 1.90. The molecule has 2 aromatic heterocycles. The van der Waals surface area contributed by atoms with Crippen LogP contribution in [-0.4, -0.2) is 26.2 Å². The quantitative estimate of drug-likeness (QED) is 0.596. The first-order valence-electron chi connectivity index (χ1n) is 5.91. The first-order valence-corrected chi connectivity index (χ1v) is 6.86. The van der Waals surface area contributed by atoms with Gasteiger partial charge in [0.15, 0.2) is 12.4 Å². The summed E-state index contributed by atoms with van der Waals surface area (Å²) >= 11 is 1.58. The van der Waals surface area contributed by atoms with Crippen molar-refractivity contribution in [3.8, 4) is 0 Å². The summed E-state index contributed by atoms with van der Waals surface area (Å²) in [6.07, 6.45) is 4.04. The van der Waals surface area contributed by atoms with Crippen LogP contribution in [-0.2, 0) is 22.7 Å². The van der Waals surface area contributed by atoms with E-state index in [0.29, 0.717) is 12.4 Å². The van der Waals surface area contributed by atoms with Crippen LogP contribution in [0.3, 0.4) is 0 Å². The molecule has 0 saturated carbocycles. The third-order valence-electron chi connectivity index (χ3n) is 2.34. The van der Waals surface area contributed by atoms with E-state index >= 15 is 0 Å². The number of carbonyl (C=O) groups is 1. The molecule has 0 unspecified atom stereocenters. The molecule has 2 rings (SSSR count). The molecule has 19 heavy (non-hydrogen) atoms. The van der Waals surface area contributed by atoms with Gasteiger partial charge in [0.25, 0.3) is 0 Å². The maximum absolute atomic E-state index is 11.5. The van der Waals surface area contributed by atoms with Crippen molar-refractivity contribution in [1.29, 1.82) is 0 Å². The number of aromatic nitrogens is 4. The lowest BCUT2D eigenvalue weighted by atomic mass is 10.3. The predicted molar refractivity (Wildman–Crippen MR) is 71.3 cm³/mol. The SMILES string of the molecule is CCCn1nnnc1COC(=O)/C=C/c1ccsc1. The lowest BCUT2D eigenvalue weighted by Crippen LogP contribution is -2.09. The van der Waals surface area contributed by atoms with Crippen LogP contribution in [0.15, 0.2) is 22.9 Å². The van der Waals surface area contributed by atoms with Gasteiger partial charge in [-0.25, -0.2) is 9.48 Å². The van der Waals surface area contributed by atoms with Crippen molar-refractivity contribution in [3.05, 3.63) is 34.3 Å². The zero-order chi connectivity index (χ0) is 13.5. The zero-order valence-corrected chi connectivity index (χ0v) is 11.3. The Labute approximate surface area is 114 Å². The normalized spacial score (nSPS) is 11.0. The highest BCUT2D eigenvalue weighted by Gasteiger charge is 2.07. The highest BCUT2D eigenvalue weighted by molar-refractivity contribution is 7.08. The molecule has 0 N–H and O–H groups in total. The number of tetrazole rings is 1. The van der Waals surface area contributed by atoms with Crippen LogP contribution in [0.5, 0.6) is 0 Å². The maximum Gasteiger partial charge on any atom is 0.331 e. The third-order valence-corrected chi connectivity index (χ3v) is 3.04. The van der Waals surface area contributed by atoms with Crippen molar-refractivity contribution in [2.45, 2.75) is 26.5 Å². The molecule has 100 valence electrons. The third kappa shape index (κ3) is 3.99. The van der Waals surface area contributed by atoms with E-state index in [-0.39, 0.29) is 6.61 Å². The molecule has 6 nitrogen and oxygen atoms in total. The number of rotatable bonds is 6. The average molecular weight is 278 g/mol. The highest BCUT2D eigenvalue weighted by atomic mass is 32.1. The van der Waals surface area contributed by atoms with Gasteiger partial charge in [0.05, 0.1) is 0 Å². The zero-order valence-electron chi connectivity index (χ0n) is 10.5. The van der Waals surface area contributed by atoms with Crippen LogP contribution in [0.2, 0.25) is 0 Å². The smallest absolute Gasteiger partial charge is 0.331 e. The molecule has 0 aromatic carbocycles. The summed E-state index contributed by atoms with van der Waals surface area (Å²) < 4.78 is 6.72. The van der Waals surface area contributed by atoms with Crippen molar-refractivity contribution in [3.63, 3.8) is 0 Å². The Morgan fingerprint density at radius 2 is 2.47 bits per heavy atom. The number of nitrogens with zero attached hydrogens (tertiary/aromatic N) is 4. The number of aryl methyl sites for hydroxylation is 1. The summed E-state index contributed by atoms with van der Waals surface area (Å²) in [6, 6.07) is 1.93. The number of carbonyl (C=O) groups excluding carboxylic acids is 1. The second kappa shape index (κ2) is 6.79. The van der Waals surface area contributed by atoms with Gasteiger partial charge in [0.1, 0.15) is 0 Å². The molecule has 2 aromatic rings. The van der Waals surface area contributed by atoms with Gasteiger partial charge in [-0.15, -0.1) is 5.10 Å². The first kappa shape index (κ1) is 13.4. The van der Waals surface area contributed by atoms with Crippen LogP contribution in [0.25, 0.3) is 6.08 Å². The van der Waals surface area contributed by atoms with Crippen LogP contribution in [0.4, 0.5) is 0 Å². The van der Waals surface area contributed by atoms with Gasteiger partial charge < -0.3 is 4.74 Å². The molecule has 0 atom stereocenters. The summed E-state index contributed by atoms with van der Waals surface area (Å²) in [5.41, 5.74) is 0.984. The van der Waals surface area contributed by atoms with Crippen molar-refractivity contribution >= 4 is 23.4 Å². The van der Waals surface area contributed by atoms with Gasteiger partial charge in [0.2, 0.25) is 0 Å². The second-order valence-electron chi connectivity index (χ2n) is 3.82. The number of esters is 1. The second-order valence-corrected chi connectivity index (χ2v) is 4.60. The molecule has 7 heteroatoms. The Morgan fingerprint density at radius 1 is 1.58 bits per heavy atom. The Hall–Kier alpha value is -2.02. The minimum Gasteiger partial charge on any atom is -0.454 e. The summed E-state index contributed by atoms with van der Waals surface area (Å²) in [6.45, 7) is 2.82. The van der Waals surface area contributed by atoms with Crippen molar-refractivity contribution in [2.24, 2.45) is 0 Å². The van der Waals surface area contributed by atoms with Crippen LogP contribution < -0.4 is 0 Å². The fraction of sp³-hybridized carbons (Fsp3) is 0.333. The maximum atomic E-state index is 11.5. The summed E-state index contributed by atoms with van der Waals surface area (Å²) in [4.78, 5) is 11.5. The molecule has 0 aliphatic carbocycles. The first-order chi connectivity index (χ1) is 9.29. The molecule has 0 bridgehead atoms. The van der Waals surface area contributed by atoms with Gasteiger partial charge >= 0.3 is 5.97 Å². The molecule has 0 aliphatic rings. The van der Waals surface area contributed by atoms with E-state index in [2.05, 4.69) is 15.5 Å². The summed E-state index contributed by atoms with van der Waals surface area (Å²) in [7, 11) is 0. The van der Waals surface area contributed by atoms with Gasteiger partial charge in [-0.05, 0) is 45.3 Å². The molecule has 0 fully saturated rings. The monoisotopic (exact) mass is 278 g/mol. The lowest BCUT2D eigenvalue weighted by molar-refractivity contribution is -0.139. The van der Waals surface area contributed by atoms with Crippen molar-refractivity contribution < 1.29 is 9.53 Å². The number of hydrogen-bond donors (Lipinski definition) is 0. The number of ether oxygens (including phenoxy) is 1. The molecule has 2 heterocycles. The van der Waals surface area contributed by atoms with Crippen LogP contribution in [0, 0.1) is 0 Å². The number of hydrogen-bond acceptors (Lipinski definition) is 6. The van der Waals surface area contributed by atoms with Gasteiger partial charge in [-0.1, -0.05) is 6.92 Å². The lowest BCUT2D eigenvalue weighted by Gasteiger charge is -2.02. The van der Waals surface area contributed by atoms with E-state index in [4.69, 9.17) is 4.74 Å². The topological polar surface area (TPSA) is 69.9 Å². The Balaban J connectivity index is 1.84. The largest absolute Gasteiger partial charge is 0.454 e. The fourth-order valence-corrected chi connectivity index (χ4v) is 2.06. The van der Waals surface area contributed by atoms with E-state index in [1.54, 1.807) is 22.1 Å². The number of thiophene rings is 1. The molecule has 0 radical (unpaired) electrons. The van der Waals surface area contributed by atoms with E-state index in [0.717, 1.165) is 12.0 Å². The minimum atomic E-state index is -0.405. The van der Waals surface area contributed by atoms with Gasteiger partial charge in [-0.2, -0.15) is 11.3 Å². The van der Waals surface area contributed by atoms with Crippen LogP contribution in [0.1, 0.15) is 24.7 Å². The average Bonchev–Trinajstić information content (AvgIpc) is 3.06. The van der Waals surface area contributed by atoms with Gasteiger partial charge in [0, 0.05) is 12.6 Å². The Morgan fingerprint density at radius 3 is 3.21 bits per heavy atom. The summed E-state index contributed by atoms with van der Waals surface area (Å²) in [5.74, 6) is 0.149. The standard InChI is InChI=1S/C12H14N4O2S/c1-2-6-16-11(13-14-15-16)8-18-12(17)4-3-10-5-7-19-9-10/h3-5,7,9H,2,6,8H2,1H3/b4-3+. The molecule has 0 amide bonds. The van der Waals surface area contributed by atoms with Crippen LogP contribution >= 0.6 is 11.3 Å². The molecule has 0 aliphatic heterocycles. The van der Waals surface area contributed by atoms with E-state index < -0.39 is 5.97 Å². The molecule has 0 saturated heterocycles. The fourth-order valence-electron chi connectivity index (χ4n) is 1.43. The van der Waals surface area contributed by atoms with E-state index in [9.17, 15) is 4.79 Å². The van der Waals surface area contributed by atoms with E-state index in [1.165, 1.54) is 6.08 Å². The summed E-state index contributed by atoms with van der Waals surface area (Å²) in [5, 5.41) is 15.1. The molecular weight excluding hydrogens is 264 g/mol. The highest BCUT2D eigenvalue weighted by Crippen LogP contribution is 2.07. The Kier molecular flexibility index (Phi) is 4.79. The minimum absolute atomic E-state index is 0.0831. The van der Waals surface area contributed by atoms with E-state index in [1.807, 2.05) is 23.8 Å². The van der Waals surface area contributed by atoms with Gasteiger partial charge in [-0.3, -0.25) is 0 Å². The molecular formula is C12H14N4O2S. The van der Waals surface area contributed by atoms with Crippen molar-refractivity contribution in [2.75, 3.05) is 0 Å². The molecule has 0 spiro atoms.